The van der Waals surface area contributed by atoms with Crippen molar-refractivity contribution in [3.05, 3.63) is 93.8 Å². The number of aromatic nitrogens is 2. The molecule has 0 fully saturated rings. The van der Waals surface area contributed by atoms with E-state index in [1.54, 1.807) is 17.7 Å². The molecular weight excluding hydrogens is 434 g/mol. The minimum Gasteiger partial charge on any atom is -0.497 e. The Morgan fingerprint density at radius 1 is 1.06 bits per heavy atom. The Balaban J connectivity index is 1.61. The van der Waals surface area contributed by atoms with E-state index in [9.17, 15) is 9.59 Å². The van der Waals surface area contributed by atoms with Crippen LogP contribution in [0.15, 0.2) is 76.7 Å². The number of aryl methyl sites for hydroxylation is 2. The molecular formula is C26H25N3O3S. The lowest BCUT2D eigenvalue weighted by Gasteiger charge is -2.16. The number of carbonyl (C=O) groups is 1. The van der Waals surface area contributed by atoms with Gasteiger partial charge in [-0.15, -0.1) is 0 Å². The fraction of sp³-hybridized carbons (Fsp3) is 0.192. The van der Waals surface area contributed by atoms with E-state index in [0.29, 0.717) is 22.6 Å². The maximum Gasteiger partial charge on any atom is 0.266 e. The lowest BCUT2D eigenvalue weighted by atomic mass is 10.1. The minimum atomic E-state index is -0.145. The van der Waals surface area contributed by atoms with E-state index in [2.05, 4.69) is 5.32 Å². The zero-order valence-electron chi connectivity index (χ0n) is 18.8. The number of nitrogens with zero attached hydrogens (tertiary/aromatic N) is 2. The summed E-state index contributed by atoms with van der Waals surface area (Å²) in [6, 6.07) is 20.8. The summed E-state index contributed by atoms with van der Waals surface area (Å²) in [6.07, 6.45) is 0. The summed E-state index contributed by atoms with van der Waals surface area (Å²) in [6.45, 7) is 4.35. The molecule has 0 aliphatic carbocycles. The number of ether oxygens (including phenoxy) is 1. The van der Waals surface area contributed by atoms with Crippen LogP contribution in [0.4, 0.5) is 0 Å². The highest BCUT2D eigenvalue weighted by Gasteiger charge is 2.16. The standard InChI is InChI=1S/C26H25N3O3S/c1-17-11-12-18(2)23(13-17)29-25(31)21-9-4-5-10-22(21)28-26(29)33-16-24(30)27-15-19-7-6-8-20(14-19)32-3/h4-14H,15-16H2,1-3H3,(H,27,30). The number of benzene rings is 3. The monoisotopic (exact) mass is 459 g/mol. The molecule has 0 atom stereocenters. The third-order valence-electron chi connectivity index (χ3n) is 5.31. The lowest BCUT2D eigenvalue weighted by molar-refractivity contribution is -0.118. The summed E-state index contributed by atoms with van der Waals surface area (Å²) in [4.78, 5) is 30.7. The molecule has 1 amide bonds. The SMILES string of the molecule is COc1cccc(CNC(=O)CSc2nc3ccccc3c(=O)n2-c2cc(C)ccc2C)c1. The largest absolute Gasteiger partial charge is 0.497 e. The number of fused-ring (bicyclic) bond motifs is 1. The van der Waals surface area contributed by atoms with Crippen LogP contribution < -0.4 is 15.6 Å². The molecule has 0 radical (unpaired) electrons. The molecule has 1 N–H and O–H groups in total. The highest BCUT2D eigenvalue weighted by Crippen LogP contribution is 2.24. The van der Waals surface area contributed by atoms with Crippen molar-refractivity contribution in [3.8, 4) is 11.4 Å². The lowest BCUT2D eigenvalue weighted by Crippen LogP contribution is -2.26. The fourth-order valence-electron chi connectivity index (χ4n) is 3.55. The molecule has 4 rings (SSSR count). The van der Waals surface area contributed by atoms with E-state index >= 15 is 0 Å². The summed E-state index contributed by atoms with van der Waals surface area (Å²) in [5, 5.41) is 3.96. The third-order valence-corrected chi connectivity index (χ3v) is 6.25. The molecule has 0 aliphatic heterocycles. The zero-order valence-corrected chi connectivity index (χ0v) is 19.6. The Morgan fingerprint density at radius 3 is 2.70 bits per heavy atom. The van der Waals surface area contributed by atoms with E-state index in [1.165, 1.54) is 11.8 Å². The van der Waals surface area contributed by atoms with Gasteiger partial charge in [0, 0.05) is 6.54 Å². The molecule has 0 spiro atoms. The van der Waals surface area contributed by atoms with Crippen molar-refractivity contribution in [2.24, 2.45) is 0 Å². The van der Waals surface area contributed by atoms with E-state index in [1.807, 2.05) is 74.5 Å². The van der Waals surface area contributed by atoms with Crippen molar-refractivity contribution < 1.29 is 9.53 Å². The Morgan fingerprint density at radius 2 is 1.88 bits per heavy atom. The summed E-state index contributed by atoms with van der Waals surface area (Å²) in [7, 11) is 1.61. The summed E-state index contributed by atoms with van der Waals surface area (Å²) >= 11 is 1.25. The van der Waals surface area contributed by atoms with Crippen LogP contribution in [0, 0.1) is 13.8 Å². The minimum absolute atomic E-state index is 0.139. The maximum absolute atomic E-state index is 13.4. The molecule has 1 heterocycles. The number of para-hydroxylation sites is 1. The van der Waals surface area contributed by atoms with Gasteiger partial charge >= 0.3 is 0 Å². The quantitative estimate of drug-likeness (QED) is 0.327. The molecule has 0 aliphatic rings. The van der Waals surface area contributed by atoms with Crippen LogP contribution in [-0.2, 0) is 11.3 Å². The first kappa shape index (κ1) is 22.6. The van der Waals surface area contributed by atoms with Gasteiger partial charge in [0.05, 0.1) is 29.5 Å². The summed E-state index contributed by atoms with van der Waals surface area (Å²) in [5.74, 6) is 0.742. The van der Waals surface area contributed by atoms with E-state index in [4.69, 9.17) is 9.72 Å². The van der Waals surface area contributed by atoms with Crippen LogP contribution in [0.25, 0.3) is 16.6 Å². The number of amides is 1. The molecule has 168 valence electrons. The first-order valence-electron chi connectivity index (χ1n) is 10.6. The molecule has 0 bridgehead atoms. The number of rotatable bonds is 7. The second-order valence-corrected chi connectivity index (χ2v) is 8.70. The van der Waals surface area contributed by atoms with Crippen LogP contribution in [-0.4, -0.2) is 28.3 Å². The fourth-order valence-corrected chi connectivity index (χ4v) is 4.38. The highest BCUT2D eigenvalue weighted by atomic mass is 32.2. The summed E-state index contributed by atoms with van der Waals surface area (Å²) in [5.41, 5.74) is 4.20. The van der Waals surface area contributed by atoms with Crippen molar-refractivity contribution in [3.63, 3.8) is 0 Å². The van der Waals surface area contributed by atoms with E-state index in [0.717, 1.165) is 28.1 Å². The van der Waals surface area contributed by atoms with Crippen LogP contribution in [0.1, 0.15) is 16.7 Å². The molecule has 0 saturated carbocycles. The number of carbonyl (C=O) groups excluding carboxylic acids is 1. The third kappa shape index (κ3) is 5.09. The van der Waals surface area contributed by atoms with Crippen molar-refractivity contribution >= 4 is 28.6 Å². The molecule has 0 unspecified atom stereocenters. The highest BCUT2D eigenvalue weighted by molar-refractivity contribution is 7.99. The summed E-state index contributed by atoms with van der Waals surface area (Å²) < 4.78 is 6.84. The van der Waals surface area contributed by atoms with Crippen LogP contribution in [0.2, 0.25) is 0 Å². The van der Waals surface area contributed by atoms with E-state index in [-0.39, 0.29) is 17.2 Å². The molecule has 1 aromatic heterocycles. The Hall–Kier alpha value is -3.58. The van der Waals surface area contributed by atoms with E-state index < -0.39 is 0 Å². The Bertz CT molecular complexity index is 1380. The van der Waals surface area contributed by atoms with Gasteiger partial charge in [-0.05, 0) is 60.9 Å². The number of hydrogen-bond donors (Lipinski definition) is 1. The van der Waals surface area contributed by atoms with Gasteiger partial charge in [-0.25, -0.2) is 4.98 Å². The van der Waals surface area contributed by atoms with Gasteiger partial charge in [-0.3, -0.25) is 14.2 Å². The Kier molecular flexibility index (Phi) is 6.79. The average molecular weight is 460 g/mol. The van der Waals surface area contributed by atoms with Gasteiger partial charge in [0.2, 0.25) is 5.91 Å². The van der Waals surface area contributed by atoms with Crippen molar-refractivity contribution in [2.45, 2.75) is 25.5 Å². The van der Waals surface area contributed by atoms with Crippen molar-refractivity contribution in [1.29, 1.82) is 0 Å². The van der Waals surface area contributed by atoms with Crippen molar-refractivity contribution in [2.75, 3.05) is 12.9 Å². The predicted octanol–water partition coefficient (Wildman–Crippen LogP) is 4.42. The molecule has 7 heteroatoms. The second kappa shape index (κ2) is 9.92. The van der Waals surface area contributed by atoms with Crippen LogP contribution in [0.5, 0.6) is 5.75 Å². The number of hydrogen-bond acceptors (Lipinski definition) is 5. The smallest absolute Gasteiger partial charge is 0.266 e. The number of nitrogens with one attached hydrogen (secondary N) is 1. The van der Waals surface area contributed by atoms with Gasteiger partial charge in [-0.2, -0.15) is 0 Å². The van der Waals surface area contributed by atoms with Gasteiger partial charge < -0.3 is 10.1 Å². The number of thioether (sulfide) groups is 1. The number of methoxy groups -OCH3 is 1. The first-order valence-corrected chi connectivity index (χ1v) is 11.6. The normalized spacial score (nSPS) is 10.9. The molecule has 3 aromatic carbocycles. The predicted molar refractivity (Wildman–Crippen MR) is 132 cm³/mol. The van der Waals surface area contributed by atoms with Crippen LogP contribution >= 0.6 is 11.8 Å². The first-order chi connectivity index (χ1) is 16.0. The second-order valence-electron chi connectivity index (χ2n) is 7.76. The topological polar surface area (TPSA) is 73.2 Å². The van der Waals surface area contributed by atoms with Gasteiger partial charge in [0.15, 0.2) is 5.16 Å². The zero-order chi connectivity index (χ0) is 23.4. The Labute approximate surface area is 196 Å². The van der Waals surface area contributed by atoms with Crippen LogP contribution in [0.3, 0.4) is 0 Å². The van der Waals surface area contributed by atoms with Gasteiger partial charge in [-0.1, -0.05) is 48.2 Å². The molecule has 6 nitrogen and oxygen atoms in total. The molecule has 33 heavy (non-hydrogen) atoms. The molecule has 4 aromatic rings. The van der Waals surface area contributed by atoms with Crippen molar-refractivity contribution in [1.82, 2.24) is 14.9 Å². The van der Waals surface area contributed by atoms with Gasteiger partial charge in [0.25, 0.3) is 5.56 Å². The van der Waals surface area contributed by atoms with Gasteiger partial charge in [0.1, 0.15) is 5.75 Å². The average Bonchev–Trinajstić information content (AvgIpc) is 2.83. The molecule has 0 saturated heterocycles. The maximum atomic E-state index is 13.4.